The normalized spacial score (nSPS) is 10.6. The van der Waals surface area contributed by atoms with Gasteiger partial charge in [0.1, 0.15) is 36.9 Å². The quantitative estimate of drug-likeness (QED) is 0.209. The van der Waals surface area contributed by atoms with Gasteiger partial charge in [-0.2, -0.15) is 5.26 Å². The van der Waals surface area contributed by atoms with Gasteiger partial charge in [-0.25, -0.2) is 4.98 Å². The van der Waals surface area contributed by atoms with Crippen molar-refractivity contribution >= 4 is 22.2 Å². The molecule has 0 saturated carbocycles. The van der Waals surface area contributed by atoms with Crippen molar-refractivity contribution in [3.63, 3.8) is 0 Å². The Morgan fingerprint density at radius 3 is 2.00 bits per heavy atom. The summed E-state index contributed by atoms with van der Waals surface area (Å²) < 4.78 is 33.5. The molecular formula is C24H29BrN2O7. The molecule has 0 bridgehead atoms. The van der Waals surface area contributed by atoms with Gasteiger partial charge in [-0.3, -0.25) is 4.79 Å². The lowest BCUT2D eigenvalue weighted by Gasteiger charge is -2.09. The van der Waals surface area contributed by atoms with E-state index in [4.69, 9.17) is 33.7 Å². The lowest BCUT2D eigenvalue weighted by Crippen LogP contribution is -2.15. The fourth-order valence-electron chi connectivity index (χ4n) is 2.63. The molecule has 0 atom stereocenters. The number of benzene rings is 1. The summed E-state index contributed by atoms with van der Waals surface area (Å²) in [6.07, 6.45) is 2.39. The lowest BCUT2D eigenvalue weighted by atomic mass is 10.1. The second-order valence-electron chi connectivity index (χ2n) is 6.90. The average Bonchev–Trinajstić information content (AvgIpc) is 2.85. The molecule has 2 aromatic rings. The number of aromatic nitrogens is 1. The summed E-state index contributed by atoms with van der Waals surface area (Å²) in [7, 11) is 0. The SMILES string of the molecule is Cc1ccc(OCCOCCOCCOCCOCCOc2ncc(Br)cc2C#N)cc1C=O. The summed E-state index contributed by atoms with van der Waals surface area (Å²) in [5.74, 6) is 0.939. The van der Waals surface area contributed by atoms with Crippen molar-refractivity contribution in [2.24, 2.45) is 0 Å². The van der Waals surface area contributed by atoms with Gasteiger partial charge >= 0.3 is 0 Å². The minimum Gasteiger partial charge on any atom is -0.491 e. The summed E-state index contributed by atoms with van der Waals surface area (Å²) >= 11 is 3.26. The van der Waals surface area contributed by atoms with Crippen LogP contribution in [0.2, 0.25) is 0 Å². The first kappa shape index (κ1) is 27.7. The number of ether oxygens (including phenoxy) is 6. The maximum atomic E-state index is 10.9. The Kier molecular flexibility index (Phi) is 13.8. The molecule has 1 heterocycles. The summed E-state index contributed by atoms with van der Waals surface area (Å²) in [5, 5.41) is 9.06. The highest BCUT2D eigenvalue weighted by Crippen LogP contribution is 2.19. The van der Waals surface area contributed by atoms with Crippen molar-refractivity contribution in [3.05, 3.63) is 51.6 Å². The van der Waals surface area contributed by atoms with Gasteiger partial charge in [0.25, 0.3) is 0 Å². The van der Waals surface area contributed by atoms with E-state index >= 15 is 0 Å². The van der Waals surface area contributed by atoms with Crippen LogP contribution in [0.1, 0.15) is 21.5 Å². The largest absolute Gasteiger partial charge is 0.491 e. The monoisotopic (exact) mass is 536 g/mol. The Bertz CT molecular complexity index is 921. The van der Waals surface area contributed by atoms with Crippen molar-refractivity contribution < 1.29 is 33.2 Å². The van der Waals surface area contributed by atoms with Gasteiger partial charge in [-0.15, -0.1) is 0 Å². The number of carbonyl (C=O) groups excluding carboxylic acids is 1. The van der Waals surface area contributed by atoms with Crippen LogP contribution in [0.5, 0.6) is 11.6 Å². The predicted molar refractivity (Wildman–Crippen MR) is 127 cm³/mol. The minimum atomic E-state index is 0.290. The third-order valence-electron chi connectivity index (χ3n) is 4.39. The number of aryl methyl sites for hydroxylation is 1. The van der Waals surface area contributed by atoms with Crippen LogP contribution in [0.4, 0.5) is 0 Å². The standard InChI is InChI=1S/C24H29BrN2O7/c1-19-2-3-23(15-21(19)18-28)33-12-10-31-8-6-29-4-5-30-7-9-32-11-13-34-24-20(16-26)14-22(25)17-27-24/h2-3,14-15,17-18H,4-13H2,1H3. The van der Waals surface area contributed by atoms with Crippen molar-refractivity contribution in [3.8, 4) is 17.7 Å². The molecule has 34 heavy (non-hydrogen) atoms. The molecule has 0 radical (unpaired) electrons. The third kappa shape index (κ3) is 11.0. The molecule has 0 saturated heterocycles. The molecule has 0 N–H and O–H groups in total. The van der Waals surface area contributed by atoms with Crippen LogP contribution < -0.4 is 9.47 Å². The van der Waals surface area contributed by atoms with Crippen molar-refractivity contribution in [2.75, 3.05) is 66.1 Å². The highest BCUT2D eigenvalue weighted by molar-refractivity contribution is 9.10. The van der Waals surface area contributed by atoms with Gasteiger partial charge in [0, 0.05) is 16.2 Å². The van der Waals surface area contributed by atoms with E-state index in [0.717, 1.165) is 16.3 Å². The Labute approximate surface area is 208 Å². The Morgan fingerprint density at radius 1 is 0.882 bits per heavy atom. The minimum absolute atomic E-state index is 0.290. The number of pyridine rings is 1. The molecule has 9 nitrogen and oxygen atoms in total. The summed E-state index contributed by atoms with van der Waals surface area (Å²) in [6, 6.07) is 9.09. The van der Waals surface area contributed by atoms with Gasteiger partial charge in [0.05, 0.1) is 52.9 Å². The van der Waals surface area contributed by atoms with E-state index in [0.29, 0.717) is 88.8 Å². The molecule has 0 aliphatic carbocycles. The average molecular weight is 537 g/mol. The van der Waals surface area contributed by atoms with Crippen molar-refractivity contribution in [2.45, 2.75) is 6.92 Å². The van der Waals surface area contributed by atoms with Crippen LogP contribution in [0.3, 0.4) is 0 Å². The predicted octanol–water partition coefficient (Wildman–Crippen LogP) is 3.36. The van der Waals surface area contributed by atoms with Gasteiger partial charge < -0.3 is 28.4 Å². The second kappa shape index (κ2) is 17.0. The van der Waals surface area contributed by atoms with Crippen LogP contribution in [-0.2, 0) is 18.9 Å². The number of aldehydes is 1. The van der Waals surface area contributed by atoms with Gasteiger partial charge in [-0.05, 0) is 46.6 Å². The molecule has 1 aromatic heterocycles. The van der Waals surface area contributed by atoms with E-state index in [1.54, 1.807) is 18.3 Å². The highest BCUT2D eigenvalue weighted by Gasteiger charge is 2.05. The lowest BCUT2D eigenvalue weighted by molar-refractivity contribution is -0.00710. The highest BCUT2D eigenvalue weighted by atomic mass is 79.9. The first-order valence-corrected chi connectivity index (χ1v) is 11.6. The maximum Gasteiger partial charge on any atom is 0.231 e. The van der Waals surface area contributed by atoms with Crippen LogP contribution >= 0.6 is 15.9 Å². The Balaban J connectivity index is 1.35. The van der Waals surface area contributed by atoms with Crippen molar-refractivity contribution in [1.82, 2.24) is 4.98 Å². The van der Waals surface area contributed by atoms with E-state index in [2.05, 4.69) is 20.9 Å². The van der Waals surface area contributed by atoms with Crippen LogP contribution in [0, 0.1) is 18.3 Å². The molecule has 2 rings (SSSR count). The topological polar surface area (TPSA) is 109 Å². The molecule has 0 amide bonds. The molecule has 0 spiro atoms. The maximum absolute atomic E-state index is 10.9. The second-order valence-corrected chi connectivity index (χ2v) is 7.82. The number of nitrogens with zero attached hydrogens (tertiary/aromatic N) is 2. The molecular weight excluding hydrogens is 508 g/mol. The zero-order chi connectivity index (χ0) is 24.4. The molecule has 0 aliphatic rings. The number of hydrogen-bond acceptors (Lipinski definition) is 9. The summed E-state index contributed by atoms with van der Waals surface area (Å²) in [4.78, 5) is 15.0. The Morgan fingerprint density at radius 2 is 1.44 bits per heavy atom. The van der Waals surface area contributed by atoms with E-state index in [9.17, 15) is 4.79 Å². The van der Waals surface area contributed by atoms with Crippen LogP contribution in [0.15, 0.2) is 34.9 Å². The van der Waals surface area contributed by atoms with Gasteiger partial charge in [0.15, 0.2) is 0 Å². The number of nitriles is 1. The smallest absolute Gasteiger partial charge is 0.231 e. The summed E-state index contributed by atoms with van der Waals surface area (Å²) in [6.45, 7) is 6.10. The number of rotatable bonds is 18. The summed E-state index contributed by atoms with van der Waals surface area (Å²) in [5.41, 5.74) is 1.91. The zero-order valence-corrected chi connectivity index (χ0v) is 20.8. The van der Waals surface area contributed by atoms with Crippen LogP contribution in [-0.4, -0.2) is 77.3 Å². The zero-order valence-electron chi connectivity index (χ0n) is 19.2. The number of halogens is 1. The van der Waals surface area contributed by atoms with Crippen molar-refractivity contribution in [1.29, 1.82) is 5.26 Å². The first-order chi connectivity index (χ1) is 16.6. The molecule has 0 unspecified atom stereocenters. The van der Waals surface area contributed by atoms with Gasteiger partial charge in [0.2, 0.25) is 5.88 Å². The van der Waals surface area contributed by atoms with E-state index < -0.39 is 0 Å². The van der Waals surface area contributed by atoms with E-state index in [1.807, 2.05) is 25.1 Å². The van der Waals surface area contributed by atoms with Gasteiger partial charge in [-0.1, -0.05) is 6.07 Å². The molecule has 10 heteroatoms. The molecule has 184 valence electrons. The fourth-order valence-corrected chi connectivity index (χ4v) is 2.97. The number of carbonyl (C=O) groups is 1. The molecule has 0 fully saturated rings. The van der Waals surface area contributed by atoms with E-state index in [-0.39, 0.29) is 0 Å². The first-order valence-electron chi connectivity index (χ1n) is 10.8. The molecule has 1 aromatic carbocycles. The van der Waals surface area contributed by atoms with Crippen LogP contribution in [0.25, 0.3) is 0 Å². The third-order valence-corrected chi connectivity index (χ3v) is 4.83. The number of hydrogen-bond donors (Lipinski definition) is 0. The molecule has 0 aliphatic heterocycles. The fraction of sp³-hybridized carbons (Fsp3) is 0.458. The Hall–Kier alpha value is -2.55. The van der Waals surface area contributed by atoms with E-state index in [1.165, 1.54) is 0 Å².